The van der Waals surface area contributed by atoms with Gasteiger partial charge in [-0.3, -0.25) is 4.79 Å². The minimum atomic E-state index is 0.0791. The van der Waals surface area contributed by atoms with Gasteiger partial charge in [0.15, 0.2) is 0 Å². The molecule has 2 heterocycles. The molecule has 94 valence electrons. The Morgan fingerprint density at radius 3 is 3.22 bits per heavy atom. The van der Waals surface area contributed by atoms with Crippen molar-refractivity contribution in [2.75, 3.05) is 6.54 Å². The van der Waals surface area contributed by atoms with E-state index in [9.17, 15) is 4.79 Å². The summed E-state index contributed by atoms with van der Waals surface area (Å²) >= 11 is 0. The Morgan fingerprint density at radius 1 is 1.50 bits per heavy atom. The van der Waals surface area contributed by atoms with Gasteiger partial charge in [0.2, 0.25) is 5.91 Å². The number of carbonyl (C=O) groups is 1. The first kappa shape index (κ1) is 11.2. The molecular formula is C13H16N4O. The van der Waals surface area contributed by atoms with E-state index in [1.54, 1.807) is 6.20 Å². The van der Waals surface area contributed by atoms with Crippen LogP contribution in [0, 0.1) is 0 Å². The molecule has 2 aromatic rings. The van der Waals surface area contributed by atoms with Gasteiger partial charge in [0.1, 0.15) is 5.65 Å². The highest BCUT2D eigenvalue weighted by atomic mass is 16.2. The average molecular weight is 244 g/mol. The molecule has 18 heavy (non-hydrogen) atoms. The van der Waals surface area contributed by atoms with Crippen molar-refractivity contribution < 1.29 is 4.79 Å². The molecule has 3 rings (SSSR count). The fourth-order valence-corrected chi connectivity index (χ4v) is 1.98. The van der Waals surface area contributed by atoms with E-state index in [2.05, 4.69) is 20.6 Å². The second-order valence-electron chi connectivity index (χ2n) is 4.66. The van der Waals surface area contributed by atoms with E-state index in [0.717, 1.165) is 29.4 Å². The highest BCUT2D eigenvalue weighted by Crippen LogP contribution is 2.18. The van der Waals surface area contributed by atoms with Gasteiger partial charge in [-0.1, -0.05) is 0 Å². The molecule has 0 saturated heterocycles. The first-order chi connectivity index (χ1) is 8.83. The Balaban J connectivity index is 1.54. The molecule has 0 unspecified atom stereocenters. The number of hydrogen-bond acceptors (Lipinski definition) is 3. The number of fused-ring (bicyclic) bond motifs is 1. The molecule has 1 fully saturated rings. The molecule has 5 heteroatoms. The smallest absolute Gasteiger partial charge is 0.234 e. The van der Waals surface area contributed by atoms with Gasteiger partial charge in [-0.25, -0.2) is 4.98 Å². The summed E-state index contributed by atoms with van der Waals surface area (Å²) in [6.45, 7) is 1.03. The standard InChI is InChI=1S/C13H16N4O/c18-12(17-10-3-4-10)8-14-6-9-7-16-13-11(9)2-1-5-15-13/h1-2,5,7,10,14H,3-4,6,8H2,(H,15,16)(H,17,18). The monoisotopic (exact) mass is 244 g/mol. The molecule has 0 spiro atoms. The molecule has 0 atom stereocenters. The maximum atomic E-state index is 11.5. The molecule has 0 aromatic carbocycles. The zero-order valence-electron chi connectivity index (χ0n) is 10.1. The van der Waals surface area contributed by atoms with Crippen molar-refractivity contribution in [2.24, 2.45) is 0 Å². The summed E-state index contributed by atoms with van der Waals surface area (Å²) < 4.78 is 0. The van der Waals surface area contributed by atoms with Gasteiger partial charge in [0.25, 0.3) is 0 Å². The molecule has 1 aliphatic carbocycles. The Labute approximate surface area is 105 Å². The average Bonchev–Trinajstić information content (AvgIpc) is 3.09. The van der Waals surface area contributed by atoms with E-state index >= 15 is 0 Å². The van der Waals surface area contributed by atoms with Crippen molar-refractivity contribution >= 4 is 16.9 Å². The van der Waals surface area contributed by atoms with Gasteiger partial charge in [0.05, 0.1) is 6.54 Å². The lowest BCUT2D eigenvalue weighted by Gasteiger charge is -2.04. The topological polar surface area (TPSA) is 69.8 Å². The number of aromatic amines is 1. The van der Waals surface area contributed by atoms with Crippen LogP contribution < -0.4 is 10.6 Å². The van der Waals surface area contributed by atoms with Crippen LogP contribution in [0.4, 0.5) is 0 Å². The molecule has 3 N–H and O–H groups in total. The summed E-state index contributed by atoms with van der Waals surface area (Å²) in [5.74, 6) is 0.0791. The van der Waals surface area contributed by atoms with E-state index in [-0.39, 0.29) is 5.91 Å². The van der Waals surface area contributed by atoms with E-state index < -0.39 is 0 Å². The number of carbonyl (C=O) groups excluding carboxylic acids is 1. The molecule has 1 amide bonds. The summed E-state index contributed by atoms with van der Waals surface area (Å²) in [6, 6.07) is 4.37. The van der Waals surface area contributed by atoms with Gasteiger partial charge < -0.3 is 15.6 Å². The van der Waals surface area contributed by atoms with Crippen LogP contribution in [0.3, 0.4) is 0 Å². The van der Waals surface area contributed by atoms with Crippen LogP contribution in [-0.4, -0.2) is 28.5 Å². The first-order valence-corrected chi connectivity index (χ1v) is 6.24. The van der Waals surface area contributed by atoms with Crippen molar-refractivity contribution in [3.05, 3.63) is 30.1 Å². The molecule has 1 aliphatic rings. The number of nitrogens with one attached hydrogen (secondary N) is 3. The number of H-pyrrole nitrogens is 1. The van der Waals surface area contributed by atoms with Gasteiger partial charge >= 0.3 is 0 Å². The van der Waals surface area contributed by atoms with Crippen LogP contribution in [0.15, 0.2) is 24.5 Å². The predicted molar refractivity (Wildman–Crippen MR) is 69.0 cm³/mol. The van der Waals surface area contributed by atoms with Crippen LogP contribution in [0.1, 0.15) is 18.4 Å². The Hall–Kier alpha value is -1.88. The van der Waals surface area contributed by atoms with Crippen LogP contribution in [0.25, 0.3) is 11.0 Å². The summed E-state index contributed by atoms with van der Waals surface area (Å²) in [5.41, 5.74) is 2.02. The minimum Gasteiger partial charge on any atom is -0.352 e. The molecule has 0 bridgehead atoms. The number of rotatable bonds is 5. The molecule has 1 saturated carbocycles. The number of aromatic nitrogens is 2. The highest BCUT2D eigenvalue weighted by Gasteiger charge is 2.22. The van der Waals surface area contributed by atoms with Crippen molar-refractivity contribution in [1.29, 1.82) is 0 Å². The molecule has 0 aliphatic heterocycles. The van der Waals surface area contributed by atoms with Crippen molar-refractivity contribution in [2.45, 2.75) is 25.4 Å². The Bertz CT molecular complexity index is 559. The van der Waals surface area contributed by atoms with Gasteiger partial charge in [-0.05, 0) is 30.5 Å². The largest absolute Gasteiger partial charge is 0.352 e. The first-order valence-electron chi connectivity index (χ1n) is 6.24. The van der Waals surface area contributed by atoms with Crippen LogP contribution in [-0.2, 0) is 11.3 Å². The van der Waals surface area contributed by atoms with E-state index in [1.165, 1.54) is 0 Å². The maximum absolute atomic E-state index is 11.5. The lowest BCUT2D eigenvalue weighted by atomic mass is 10.2. The number of pyridine rings is 1. The molecule has 5 nitrogen and oxygen atoms in total. The summed E-state index contributed by atoms with van der Waals surface area (Å²) in [4.78, 5) is 18.8. The van der Waals surface area contributed by atoms with Crippen LogP contribution >= 0.6 is 0 Å². The van der Waals surface area contributed by atoms with E-state index in [0.29, 0.717) is 19.1 Å². The van der Waals surface area contributed by atoms with Crippen molar-refractivity contribution in [3.8, 4) is 0 Å². The van der Waals surface area contributed by atoms with Gasteiger partial charge in [-0.2, -0.15) is 0 Å². The van der Waals surface area contributed by atoms with Crippen LogP contribution in [0.2, 0.25) is 0 Å². The Kier molecular flexibility index (Phi) is 2.98. The van der Waals surface area contributed by atoms with Crippen LogP contribution in [0.5, 0.6) is 0 Å². The summed E-state index contributed by atoms with van der Waals surface area (Å²) in [7, 11) is 0. The summed E-state index contributed by atoms with van der Waals surface area (Å²) in [6.07, 6.45) is 5.95. The fourth-order valence-electron chi connectivity index (χ4n) is 1.98. The maximum Gasteiger partial charge on any atom is 0.234 e. The third-order valence-corrected chi connectivity index (χ3v) is 3.08. The zero-order valence-corrected chi connectivity index (χ0v) is 10.1. The number of nitrogens with zero attached hydrogens (tertiary/aromatic N) is 1. The third-order valence-electron chi connectivity index (χ3n) is 3.08. The normalized spacial score (nSPS) is 14.9. The van der Waals surface area contributed by atoms with E-state index in [1.807, 2.05) is 18.3 Å². The highest BCUT2D eigenvalue weighted by molar-refractivity contribution is 5.80. The SMILES string of the molecule is O=C(CNCc1c[nH]c2ncccc12)NC1CC1. The van der Waals surface area contributed by atoms with Gasteiger partial charge in [-0.15, -0.1) is 0 Å². The quantitative estimate of drug-likeness (QED) is 0.733. The number of amides is 1. The zero-order chi connectivity index (χ0) is 12.4. The third kappa shape index (κ3) is 2.51. The molecular weight excluding hydrogens is 228 g/mol. The molecule has 2 aromatic heterocycles. The molecule has 0 radical (unpaired) electrons. The van der Waals surface area contributed by atoms with E-state index in [4.69, 9.17) is 0 Å². The summed E-state index contributed by atoms with van der Waals surface area (Å²) in [5, 5.41) is 7.21. The minimum absolute atomic E-state index is 0.0791. The van der Waals surface area contributed by atoms with Crippen molar-refractivity contribution in [3.63, 3.8) is 0 Å². The second kappa shape index (κ2) is 4.78. The second-order valence-corrected chi connectivity index (χ2v) is 4.66. The van der Waals surface area contributed by atoms with Gasteiger partial charge in [0, 0.05) is 30.4 Å². The fraction of sp³-hybridized carbons (Fsp3) is 0.385. The predicted octanol–water partition coefficient (Wildman–Crippen LogP) is 0.931. The number of hydrogen-bond donors (Lipinski definition) is 3. The van der Waals surface area contributed by atoms with Crippen molar-refractivity contribution in [1.82, 2.24) is 20.6 Å². The lowest BCUT2D eigenvalue weighted by molar-refractivity contribution is -0.120. The lowest BCUT2D eigenvalue weighted by Crippen LogP contribution is -2.34. The Morgan fingerprint density at radius 2 is 2.39 bits per heavy atom.